The van der Waals surface area contributed by atoms with Crippen LogP contribution in [-0.4, -0.2) is 12.1 Å². The summed E-state index contributed by atoms with van der Waals surface area (Å²) in [6, 6.07) is 14.7. The Morgan fingerprint density at radius 2 is 1.84 bits per heavy atom. The maximum Gasteiger partial charge on any atom is 0.272 e. The Morgan fingerprint density at radius 3 is 2.53 bits per heavy atom. The molecule has 0 aliphatic rings. The van der Waals surface area contributed by atoms with E-state index in [0.717, 1.165) is 5.56 Å². The highest BCUT2D eigenvalue weighted by molar-refractivity contribution is 6.33. The molecule has 0 fully saturated rings. The minimum atomic E-state index is -0.325. The molecule has 0 saturated heterocycles. The molecule has 0 spiro atoms. The van der Waals surface area contributed by atoms with Gasteiger partial charge < -0.3 is 0 Å². The zero-order valence-electron chi connectivity index (χ0n) is 10.4. The molecular weight excluding hydrogens is 260 g/mol. The summed E-state index contributed by atoms with van der Waals surface area (Å²) >= 11 is 5.92. The van der Waals surface area contributed by atoms with Crippen molar-refractivity contribution < 1.29 is 4.79 Å². The predicted octanol–water partition coefficient (Wildman–Crippen LogP) is 3.41. The molecule has 19 heavy (non-hydrogen) atoms. The second kappa shape index (κ2) is 6.16. The van der Waals surface area contributed by atoms with E-state index in [2.05, 4.69) is 10.5 Å². The van der Waals surface area contributed by atoms with Crippen LogP contribution in [0.1, 0.15) is 21.5 Å². The second-order valence-corrected chi connectivity index (χ2v) is 4.50. The van der Waals surface area contributed by atoms with Gasteiger partial charge in [0.05, 0.1) is 16.8 Å². The van der Waals surface area contributed by atoms with Crippen molar-refractivity contribution in [1.82, 2.24) is 5.43 Å². The van der Waals surface area contributed by atoms with Crippen molar-refractivity contribution in [2.45, 2.75) is 6.92 Å². The quantitative estimate of drug-likeness (QED) is 0.675. The Labute approximate surface area is 116 Å². The third-order valence-electron chi connectivity index (χ3n) is 2.58. The van der Waals surface area contributed by atoms with Gasteiger partial charge in [0, 0.05) is 0 Å². The first kappa shape index (κ1) is 13.3. The van der Waals surface area contributed by atoms with Crippen molar-refractivity contribution in [2.24, 2.45) is 5.10 Å². The predicted molar refractivity (Wildman–Crippen MR) is 77.7 cm³/mol. The highest BCUT2D eigenvalue weighted by Gasteiger charge is 2.07. The van der Waals surface area contributed by atoms with Gasteiger partial charge in [0.1, 0.15) is 0 Å². The second-order valence-electron chi connectivity index (χ2n) is 4.09. The van der Waals surface area contributed by atoms with E-state index in [1.165, 1.54) is 5.56 Å². The number of nitrogens with zero attached hydrogens (tertiary/aromatic N) is 1. The number of aryl methyl sites for hydroxylation is 1. The lowest BCUT2D eigenvalue weighted by molar-refractivity contribution is 0.0955. The van der Waals surface area contributed by atoms with Crippen LogP contribution in [0.15, 0.2) is 53.6 Å². The number of hydrazone groups is 1. The Kier molecular flexibility index (Phi) is 4.31. The Balaban J connectivity index is 2.01. The Morgan fingerprint density at radius 1 is 1.16 bits per heavy atom. The molecule has 0 unspecified atom stereocenters. The number of rotatable bonds is 3. The summed E-state index contributed by atoms with van der Waals surface area (Å²) in [6.45, 7) is 2.01. The Hall–Kier alpha value is -2.13. The molecule has 4 heteroatoms. The number of hydrogen-bond donors (Lipinski definition) is 1. The zero-order chi connectivity index (χ0) is 13.7. The van der Waals surface area contributed by atoms with Crippen molar-refractivity contribution in [3.8, 4) is 0 Å². The normalized spacial score (nSPS) is 10.6. The molecule has 96 valence electrons. The summed E-state index contributed by atoms with van der Waals surface area (Å²) < 4.78 is 0. The SMILES string of the molecule is Cc1ccc(/C=N/NC(=O)c2ccccc2Cl)cc1. The van der Waals surface area contributed by atoms with Crippen LogP contribution in [0.5, 0.6) is 0 Å². The molecule has 0 bridgehead atoms. The van der Waals surface area contributed by atoms with Gasteiger partial charge in [0.25, 0.3) is 5.91 Å². The van der Waals surface area contributed by atoms with E-state index in [1.54, 1.807) is 30.5 Å². The molecule has 0 atom stereocenters. The molecule has 2 rings (SSSR count). The first-order valence-corrected chi connectivity index (χ1v) is 6.19. The zero-order valence-corrected chi connectivity index (χ0v) is 11.2. The van der Waals surface area contributed by atoms with E-state index in [1.807, 2.05) is 31.2 Å². The first-order valence-electron chi connectivity index (χ1n) is 5.81. The van der Waals surface area contributed by atoms with E-state index in [4.69, 9.17) is 11.6 Å². The van der Waals surface area contributed by atoms with Crippen LogP contribution in [0, 0.1) is 6.92 Å². The average molecular weight is 273 g/mol. The number of carbonyl (C=O) groups is 1. The lowest BCUT2D eigenvalue weighted by Gasteiger charge is -2.01. The number of amides is 1. The molecule has 3 nitrogen and oxygen atoms in total. The summed E-state index contributed by atoms with van der Waals surface area (Å²) in [5, 5.41) is 4.31. The third-order valence-corrected chi connectivity index (χ3v) is 2.91. The fourth-order valence-corrected chi connectivity index (χ4v) is 1.75. The largest absolute Gasteiger partial charge is 0.272 e. The molecule has 0 aromatic heterocycles. The molecule has 0 aliphatic carbocycles. The molecule has 0 heterocycles. The van der Waals surface area contributed by atoms with Crippen molar-refractivity contribution in [3.63, 3.8) is 0 Å². The van der Waals surface area contributed by atoms with Gasteiger partial charge in [-0.05, 0) is 24.6 Å². The van der Waals surface area contributed by atoms with Crippen LogP contribution in [0.25, 0.3) is 0 Å². The Bertz CT molecular complexity index is 606. The molecule has 1 amide bonds. The summed E-state index contributed by atoms with van der Waals surface area (Å²) in [4.78, 5) is 11.8. The lowest BCUT2D eigenvalue weighted by Crippen LogP contribution is -2.17. The average Bonchev–Trinajstić information content (AvgIpc) is 2.41. The fraction of sp³-hybridized carbons (Fsp3) is 0.0667. The van der Waals surface area contributed by atoms with Gasteiger partial charge in [-0.15, -0.1) is 0 Å². The van der Waals surface area contributed by atoms with Crippen molar-refractivity contribution in [1.29, 1.82) is 0 Å². The topological polar surface area (TPSA) is 41.5 Å². The molecule has 2 aromatic carbocycles. The van der Waals surface area contributed by atoms with E-state index in [0.29, 0.717) is 10.6 Å². The first-order chi connectivity index (χ1) is 9.16. The standard InChI is InChI=1S/C15H13ClN2O/c1-11-6-8-12(9-7-11)10-17-18-15(19)13-4-2-3-5-14(13)16/h2-10H,1H3,(H,18,19)/b17-10+. The van der Waals surface area contributed by atoms with Gasteiger partial charge >= 0.3 is 0 Å². The molecule has 0 radical (unpaired) electrons. The number of nitrogens with one attached hydrogen (secondary N) is 1. The van der Waals surface area contributed by atoms with E-state index < -0.39 is 0 Å². The van der Waals surface area contributed by atoms with Crippen molar-refractivity contribution in [2.75, 3.05) is 0 Å². The highest BCUT2D eigenvalue weighted by Crippen LogP contribution is 2.14. The number of benzene rings is 2. The van der Waals surface area contributed by atoms with Gasteiger partial charge in [0.2, 0.25) is 0 Å². The van der Waals surface area contributed by atoms with Crippen LogP contribution < -0.4 is 5.43 Å². The van der Waals surface area contributed by atoms with Crippen LogP contribution in [0.3, 0.4) is 0 Å². The van der Waals surface area contributed by atoms with Gasteiger partial charge in [0.15, 0.2) is 0 Å². The van der Waals surface area contributed by atoms with Crippen LogP contribution in [0.4, 0.5) is 0 Å². The lowest BCUT2D eigenvalue weighted by atomic mass is 10.2. The van der Waals surface area contributed by atoms with Crippen LogP contribution in [0.2, 0.25) is 5.02 Å². The van der Waals surface area contributed by atoms with Gasteiger partial charge in [-0.1, -0.05) is 53.6 Å². The monoisotopic (exact) mass is 272 g/mol. The fourth-order valence-electron chi connectivity index (χ4n) is 1.52. The molecule has 0 aliphatic heterocycles. The molecular formula is C15H13ClN2O. The highest BCUT2D eigenvalue weighted by atomic mass is 35.5. The van der Waals surface area contributed by atoms with Crippen LogP contribution >= 0.6 is 11.6 Å². The smallest absolute Gasteiger partial charge is 0.267 e. The number of carbonyl (C=O) groups excluding carboxylic acids is 1. The molecule has 0 saturated carbocycles. The van der Waals surface area contributed by atoms with Gasteiger partial charge in [-0.2, -0.15) is 5.10 Å². The maximum atomic E-state index is 11.8. The minimum Gasteiger partial charge on any atom is -0.267 e. The van der Waals surface area contributed by atoms with Gasteiger partial charge in [-0.25, -0.2) is 5.43 Å². The molecule has 1 N–H and O–H groups in total. The van der Waals surface area contributed by atoms with E-state index in [9.17, 15) is 4.79 Å². The maximum absolute atomic E-state index is 11.8. The van der Waals surface area contributed by atoms with Crippen molar-refractivity contribution >= 4 is 23.7 Å². The van der Waals surface area contributed by atoms with E-state index in [-0.39, 0.29) is 5.91 Å². The summed E-state index contributed by atoms with van der Waals surface area (Å²) in [5.41, 5.74) is 4.96. The summed E-state index contributed by atoms with van der Waals surface area (Å²) in [6.07, 6.45) is 1.59. The summed E-state index contributed by atoms with van der Waals surface area (Å²) in [5.74, 6) is -0.325. The van der Waals surface area contributed by atoms with Crippen LogP contribution in [-0.2, 0) is 0 Å². The third kappa shape index (κ3) is 3.66. The molecule has 2 aromatic rings. The minimum absolute atomic E-state index is 0.325. The van der Waals surface area contributed by atoms with Gasteiger partial charge in [-0.3, -0.25) is 4.79 Å². The summed E-state index contributed by atoms with van der Waals surface area (Å²) in [7, 11) is 0. The van der Waals surface area contributed by atoms with E-state index >= 15 is 0 Å². The van der Waals surface area contributed by atoms with Crippen molar-refractivity contribution in [3.05, 3.63) is 70.2 Å². The number of halogens is 1. The number of hydrogen-bond acceptors (Lipinski definition) is 2.